The summed E-state index contributed by atoms with van der Waals surface area (Å²) in [5, 5.41) is 2.68. The minimum atomic E-state index is -0.599. The van der Waals surface area contributed by atoms with E-state index in [4.69, 9.17) is 14.2 Å². The summed E-state index contributed by atoms with van der Waals surface area (Å²) >= 11 is 0. The first-order chi connectivity index (χ1) is 12.5. The third kappa shape index (κ3) is 5.81. The molecule has 0 aliphatic heterocycles. The van der Waals surface area contributed by atoms with E-state index in [0.717, 1.165) is 16.7 Å². The maximum absolute atomic E-state index is 11.8. The topological polar surface area (TPSA) is 73.9 Å². The van der Waals surface area contributed by atoms with Crippen molar-refractivity contribution in [3.63, 3.8) is 0 Å². The number of aryl methyl sites for hydroxylation is 2. The van der Waals surface area contributed by atoms with Gasteiger partial charge in [0, 0.05) is 12.1 Å². The molecule has 6 nitrogen and oxygen atoms in total. The van der Waals surface area contributed by atoms with Crippen molar-refractivity contribution in [3.05, 3.63) is 59.2 Å². The fourth-order valence-electron chi connectivity index (χ4n) is 2.28. The molecule has 0 atom stereocenters. The zero-order valence-corrected chi connectivity index (χ0v) is 15.2. The zero-order chi connectivity index (χ0) is 18.9. The van der Waals surface area contributed by atoms with Gasteiger partial charge in [-0.15, -0.1) is 0 Å². The number of amides is 1. The van der Waals surface area contributed by atoms with Gasteiger partial charge in [0.1, 0.15) is 11.5 Å². The number of hydrogen-bond acceptors (Lipinski definition) is 5. The second-order valence-corrected chi connectivity index (χ2v) is 5.81. The van der Waals surface area contributed by atoms with Gasteiger partial charge in [-0.25, -0.2) is 4.79 Å². The quantitative estimate of drug-likeness (QED) is 0.735. The number of benzene rings is 2. The minimum Gasteiger partial charge on any atom is -0.496 e. The maximum atomic E-state index is 11.8. The van der Waals surface area contributed by atoms with Gasteiger partial charge >= 0.3 is 5.97 Å². The van der Waals surface area contributed by atoms with E-state index in [9.17, 15) is 9.59 Å². The standard InChI is InChI=1S/C20H23NO5/c1-14-8-9-15(2)18(10-14)25-13-20(23)26-12-19(22)21-11-16-6-4-5-7-17(16)24-3/h4-10H,11-13H2,1-3H3,(H,21,22). The zero-order valence-electron chi connectivity index (χ0n) is 15.2. The fourth-order valence-corrected chi connectivity index (χ4v) is 2.28. The Hall–Kier alpha value is -3.02. The lowest BCUT2D eigenvalue weighted by Crippen LogP contribution is -2.29. The van der Waals surface area contributed by atoms with Crippen molar-refractivity contribution in [2.24, 2.45) is 0 Å². The van der Waals surface area contributed by atoms with Crippen molar-refractivity contribution in [1.82, 2.24) is 5.32 Å². The summed E-state index contributed by atoms with van der Waals surface area (Å²) in [6.07, 6.45) is 0. The first kappa shape index (κ1) is 19.3. The van der Waals surface area contributed by atoms with Crippen LogP contribution in [0.1, 0.15) is 16.7 Å². The summed E-state index contributed by atoms with van der Waals surface area (Å²) in [7, 11) is 1.57. The van der Waals surface area contributed by atoms with Crippen LogP contribution in [0.5, 0.6) is 11.5 Å². The van der Waals surface area contributed by atoms with Crippen molar-refractivity contribution in [2.45, 2.75) is 20.4 Å². The van der Waals surface area contributed by atoms with Gasteiger partial charge < -0.3 is 19.5 Å². The molecule has 0 saturated heterocycles. The van der Waals surface area contributed by atoms with Crippen LogP contribution in [0.4, 0.5) is 0 Å². The minimum absolute atomic E-state index is 0.246. The van der Waals surface area contributed by atoms with E-state index in [1.807, 2.05) is 56.3 Å². The third-order valence-corrected chi connectivity index (χ3v) is 3.72. The van der Waals surface area contributed by atoms with Crippen LogP contribution < -0.4 is 14.8 Å². The van der Waals surface area contributed by atoms with Crippen LogP contribution in [-0.4, -0.2) is 32.2 Å². The van der Waals surface area contributed by atoms with E-state index < -0.39 is 11.9 Å². The molecule has 2 rings (SSSR count). The number of ether oxygens (including phenoxy) is 3. The van der Waals surface area contributed by atoms with Gasteiger partial charge in [-0.1, -0.05) is 30.3 Å². The second kappa shape index (κ2) is 9.46. The molecule has 0 aliphatic rings. The van der Waals surface area contributed by atoms with Crippen molar-refractivity contribution < 1.29 is 23.8 Å². The van der Waals surface area contributed by atoms with Gasteiger partial charge in [0.15, 0.2) is 13.2 Å². The predicted molar refractivity (Wildman–Crippen MR) is 97.2 cm³/mol. The third-order valence-electron chi connectivity index (χ3n) is 3.72. The van der Waals surface area contributed by atoms with Gasteiger partial charge in [0.25, 0.3) is 5.91 Å². The summed E-state index contributed by atoms with van der Waals surface area (Å²) in [5.74, 6) is 0.323. The first-order valence-corrected chi connectivity index (χ1v) is 8.24. The lowest BCUT2D eigenvalue weighted by Gasteiger charge is -2.11. The average Bonchev–Trinajstić information content (AvgIpc) is 2.65. The van der Waals surface area contributed by atoms with Crippen LogP contribution in [0.2, 0.25) is 0 Å². The second-order valence-electron chi connectivity index (χ2n) is 5.81. The fraction of sp³-hybridized carbons (Fsp3) is 0.300. The van der Waals surface area contributed by atoms with Crippen LogP contribution in [0, 0.1) is 13.8 Å². The van der Waals surface area contributed by atoms with E-state index in [1.165, 1.54) is 0 Å². The molecule has 1 N–H and O–H groups in total. The van der Waals surface area contributed by atoms with Gasteiger partial charge in [-0.3, -0.25) is 4.79 Å². The molecule has 0 heterocycles. The van der Waals surface area contributed by atoms with Crippen LogP contribution >= 0.6 is 0 Å². The van der Waals surface area contributed by atoms with E-state index in [0.29, 0.717) is 18.0 Å². The Kier molecular flexibility index (Phi) is 7.02. The molecule has 26 heavy (non-hydrogen) atoms. The molecule has 0 aliphatic carbocycles. The van der Waals surface area contributed by atoms with Crippen molar-refractivity contribution in [1.29, 1.82) is 0 Å². The molecule has 0 spiro atoms. The maximum Gasteiger partial charge on any atom is 0.344 e. The molecule has 2 aromatic carbocycles. The highest BCUT2D eigenvalue weighted by atomic mass is 16.6. The Balaban J connectivity index is 1.73. The molecule has 0 saturated carbocycles. The molecular formula is C20H23NO5. The summed E-state index contributed by atoms with van der Waals surface area (Å²) in [6, 6.07) is 13.1. The van der Waals surface area contributed by atoms with Gasteiger partial charge in [-0.2, -0.15) is 0 Å². The molecular weight excluding hydrogens is 334 g/mol. The number of para-hydroxylation sites is 1. The molecule has 0 fully saturated rings. The number of esters is 1. The first-order valence-electron chi connectivity index (χ1n) is 8.24. The van der Waals surface area contributed by atoms with E-state index in [2.05, 4.69) is 5.32 Å². The Morgan fingerprint density at radius 1 is 1.00 bits per heavy atom. The Bertz CT molecular complexity index is 773. The highest BCUT2D eigenvalue weighted by Crippen LogP contribution is 2.19. The molecule has 2 aromatic rings. The highest BCUT2D eigenvalue weighted by molar-refractivity contribution is 5.80. The number of methoxy groups -OCH3 is 1. The van der Waals surface area contributed by atoms with Crippen LogP contribution in [0.15, 0.2) is 42.5 Å². The Morgan fingerprint density at radius 3 is 2.54 bits per heavy atom. The van der Waals surface area contributed by atoms with Crippen molar-refractivity contribution in [2.75, 3.05) is 20.3 Å². The molecule has 138 valence electrons. The lowest BCUT2D eigenvalue weighted by atomic mass is 10.1. The van der Waals surface area contributed by atoms with Gasteiger partial charge in [0.2, 0.25) is 0 Å². The molecule has 0 unspecified atom stereocenters. The SMILES string of the molecule is COc1ccccc1CNC(=O)COC(=O)COc1cc(C)ccc1C. The van der Waals surface area contributed by atoms with Crippen LogP contribution in [-0.2, 0) is 20.9 Å². The van der Waals surface area contributed by atoms with E-state index in [-0.39, 0.29) is 13.2 Å². The number of hydrogen-bond donors (Lipinski definition) is 1. The predicted octanol–water partition coefficient (Wildman–Crippen LogP) is 2.55. The summed E-state index contributed by atoms with van der Waals surface area (Å²) < 4.78 is 15.6. The monoisotopic (exact) mass is 357 g/mol. The van der Waals surface area contributed by atoms with Crippen molar-refractivity contribution >= 4 is 11.9 Å². The molecule has 0 radical (unpaired) electrons. The van der Waals surface area contributed by atoms with Crippen LogP contribution in [0.3, 0.4) is 0 Å². The molecule has 6 heteroatoms. The van der Waals surface area contributed by atoms with E-state index >= 15 is 0 Å². The summed E-state index contributed by atoms with van der Waals surface area (Å²) in [6.45, 7) is 3.52. The molecule has 1 amide bonds. The Labute approximate surface area is 153 Å². The number of carbonyl (C=O) groups is 2. The molecule has 0 aromatic heterocycles. The number of carbonyl (C=O) groups excluding carboxylic acids is 2. The number of rotatable bonds is 8. The summed E-state index contributed by atoms with van der Waals surface area (Å²) in [4.78, 5) is 23.6. The normalized spacial score (nSPS) is 10.1. The average molecular weight is 357 g/mol. The largest absolute Gasteiger partial charge is 0.496 e. The van der Waals surface area contributed by atoms with Gasteiger partial charge in [0.05, 0.1) is 7.11 Å². The van der Waals surface area contributed by atoms with E-state index in [1.54, 1.807) is 7.11 Å². The van der Waals surface area contributed by atoms with Gasteiger partial charge in [-0.05, 0) is 37.1 Å². The summed E-state index contributed by atoms with van der Waals surface area (Å²) in [5.41, 5.74) is 2.81. The number of nitrogens with one attached hydrogen (secondary N) is 1. The van der Waals surface area contributed by atoms with Crippen molar-refractivity contribution in [3.8, 4) is 11.5 Å². The highest BCUT2D eigenvalue weighted by Gasteiger charge is 2.10. The van der Waals surface area contributed by atoms with Crippen LogP contribution in [0.25, 0.3) is 0 Å². The Morgan fingerprint density at radius 2 is 1.77 bits per heavy atom. The smallest absolute Gasteiger partial charge is 0.344 e. The lowest BCUT2D eigenvalue weighted by molar-refractivity contribution is -0.150. The molecule has 0 bridgehead atoms.